The lowest BCUT2D eigenvalue weighted by atomic mass is 10.1. The number of nitrogens with one attached hydrogen (secondary N) is 1. The molecule has 2 aromatic heterocycles. The molecule has 1 atom stereocenters. The summed E-state index contributed by atoms with van der Waals surface area (Å²) in [6.45, 7) is 4.51. The summed E-state index contributed by atoms with van der Waals surface area (Å²) in [5, 5.41) is 5.74. The molecule has 176 valence electrons. The molecule has 0 aliphatic carbocycles. The number of ether oxygens (including phenoxy) is 2. The number of aromatic nitrogens is 2. The van der Waals surface area contributed by atoms with E-state index in [1.165, 1.54) is 13.8 Å². The van der Waals surface area contributed by atoms with E-state index in [2.05, 4.69) is 15.2 Å². The van der Waals surface area contributed by atoms with Gasteiger partial charge in [0.05, 0.1) is 19.3 Å². The molecule has 0 spiro atoms. The number of rotatable bonds is 9. The Morgan fingerprint density at radius 2 is 1.84 bits per heavy atom. The van der Waals surface area contributed by atoms with Crippen LogP contribution in [0.5, 0.6) is 0 Å². The van der Waals surface area contributed by atoms with E-state index in [9.17, 15) is 31.9 Å². The van der Waals surface area contributed by atoms with Gasteiger partial charge in [0, 0.05) is 0 Å². The van der Waals surface area contributed by atoms with Gasteiger partial charge >= 0.3 is 11.9 Å². The molecule has 1 amide bonds. The van der Waals surface area contributed by atoms with Crippen molar-refractivity contribution in [3.8, 4) is 0 Å². The molecule has 0 fully saturated rings. The third kappa shape index (κ3) is 5.26. The summed E-state index contributed by atoms with van der Waals surface area (Å²) in [6.07, 6.45) is -5.73. The van der Waals surface area contributed by atoms with Crippen LogP contribution < -0.4 is 5.32 Å². The molecule has 2 aromatic rings. The van der Waals surface area contributed by atoms with E-state index in [1.54, 1.807) is 6.92 Å². The molecule has 13 heteroatoms. The van der Waals surface area contributed by atoms with Crippen LogP contribution in [0, 0.1) is 6.92 Å². The van der Waals surface area contributed by atoms with Crippen LogP contribution in [0.4, 0.5) is 22.6 Å². The lowest BCUT2D eigenvalue weighted by Gasteiger charge is -2.15. The number of amides is 1. The van der Waals surface area contributed by atoms with Gasteiger partial charge in [0.2, 0.25) is 5.91 Å². The molecule has 0 saturated heterocycles. The number of nitrogens with zero attached hydrogens (tertiary/aromatic N) is 2. The number of anilines is 1. The van der Waals surface area contributed by atoms with Gasteiger partial charge in [-0.05, 0) is 31.9 Å². The van der Waals surface area contributed by atoms with Gasteiger partial charge in [0.1, 0.15) is 27.3 Å². The van der Waals surface area contributed by atoms with Crippen molar-refractivity contribution in [2.45, 2.75) is 46.1 Å². The second-order valence-electron chi connectivity index (χ2n) is 6.59. The van der Waals surface area contributed by atoms with E-state index in [1.807, 2.05) is 0 Å². The molecule has 0 radical (unpaired) electrons. The normalized spacial score (nSPS) is 12.2. The standard InChI is InChI=1S/C19H21F4N3O5S/c1-5-6-31-18(28)12-8(2)13(19(29)30-4)32-17(12)24-16(27)9(3)26-11(15(22)23)7-10(25-26)14(20)21/h7,9,14-15H,5-6H2,1-4H3,(H,24,27). The van der Waals surface area contributed by atoms with Gasteiger partial charge in [0.15, 0.2) is 0 Å². The molecule has 8 nitrogen and oxygen atoms in total. The van der Waals surface area contributed by atoms with Crippen LogP contribution in [-0.2, 0) is 14.3 Å². The van der Waals surface area contributed by atoms with Crippen LogP contribution in [0.25, 0.3) is 0 Å². The highest BCUT2D eigenvalue weighted by molar-refractivity contribution is 7.18. The van der Waals surface area contributed by atoms with Crippen LogP contribution in [0.2, 0.25) is 0 Å². The van der Waals surface area contributed by atoms with E-state index in [-0.39, 0.29) is 27.6 Å². The fourth-order valence-electron chi connectivity index (χ4n) is 2.74. The first-order chi connectivity index (χ1) is 15.0. The molecule has 2 rings (SSSR count). The number of esters is 2. The molecule has 0 aliphatic heterocycles. The van der Waals surface area contributed by atoms with Crippen LogP contribution in [0.3, 0.4) is 0 Å². The molecule has 32 heavy (non-hydrogen) atoms. The Kier molecular flexibility index (Phi) is 8.36. The van der Waals surface area contributed by atoms with Gasteiger partial charge in [-0.25, -0.2) is 27.2 Å². The van der Waals surface area contributed by atoms with Crippen molar-refractivity contribution in [3.05, 3.63) is 33.5 Å². The minimum absolute atomic E-state index is 0.0336. The summed E-state index contributed by atoms with van der Waals surface area (Å²) in [5.41, 5.74) is -1.64. The van der Waals surface area contributed by atoms with Crippen LogP contribution in [-0.4, -0.2) is 41.3 Å². The Morgan fingerprint density at radius 1 is 1.19 bits per heavy atom. The average molecular weight is 479 g/mol. The topological polar surface area (TPSA) is 99.5 Å². The number of hydrogen-bond acceptors (Lipinski definition) is 7. The lowest BCUT2D eigenvalue weighted by molar-refractivity contribution is -0.119. The lowest BCUT2D eigenvalue weighted by Crippen LogP contribution is -2.26. The van der Waals surface area contributed by atoms with E-state index in [0.717, 1.165) is 18.4 Å². The van der Waals surface area contributed by atoms with Gasteiger partial charge in [-0.2, -0.15) is 5.10 Å². The molecular weight excluding hydrogens is 458 g/mol. The molecule has 0 bridgehead atoms. The summed E-state index contributed by atoms with van der Waals surface area (Å²) >= 11 is 0.737. The summed E-state index contributed by atoms with van der Waals surface area (Å²) in [5.74, 6) is -2.47. The Hall–Kier alpha value is -2.96. The SMILES string of the molecule is CCCOC(=O)c1c(NC(=O)C(C)n2nc(C(F)F)cc2C(F)F)sc(C(=O)OC)c1C. The van der Waals surface area contributed by atoms with Gasteiger partial charge in [-0.1, -0.05) is 6.92 Å². The van der Waals surface area contributed by atoms with Crippen molar-refractivity contribution in [1.82, 2.24) is 9.78 Å². The summed E-state index contributed by atoms with van der Waals surface area (Å²) in [7, 11) is 1.14. The van der Waals surface area contributed by atoms with Crippen molar-refractivity contribution < 1.29 is 41.4 Å². The van der Waals surface area contributed by atoms with Crippen molar-refractivity contribution in [3.63, 3.8) is 0 Å². The Bertz CT molecular complexity index is 1010. The fourth-order valence-corrected chi connectivity index (χ4v) is 3.85. The molecule has 1 unspecified atom stereocenters. The van der Waals surface area contributed by atoms with E-state index in [0.29, 0.717) is 17.2 Å². The third-order valence-corrected chi connectivity index (χ3v) is 5.56. The predicted molar refractivity (Wildman–Crippen MR) is 106 cm³/mol. The monoisotopic (exact) mass is 479 g/mol. The number of halogens is 4. The van der Waals surface area contributed by atoms with Crippen molar-refractivity contribution in [2.75, 3.05) is 19.0 Å². The number of hydrogen-bond donors (Lipinski definition) is 1. The smallest absolute Gasteiger partial charge is 0.348 e. The highest BCUT2D eigenvalue weighted by Crippen LogP contribution is 2.35. The highest BCUT2D eigenvalue weighted by Gasteiger charge is 2.30. The second kappa shape index (κ2) is 10.6. The zero-order valence-corrected chi connectivity index (χ0v) is 18.4. The third-order valence-electron chi connectivity index (χ3n) is 4.37. The minimum Gasteiger partial charge on any atom is -0.465 e. The summed E-state index contributed by atoms with van der Waals surface area (Å²) < 4.78 is 62.7. The molecule has 2 heterocycles. The maximum Gasteiger partial charge on any atom is 0.348 e. The first-order valence-corrected chi connectivity index (χ1v) is 10.2. The van der Waals surface area contributed by atoms with Gasteiger partial charge in [-0.3, -0.25) is 9.48 Å². The number of methoxy groups -OCH3 is 1. The maximum atomic E-state index is 13.3. The zero-order valence-electron chi connectivity index (χ0n) is 17.6. The van der Waals surface area contributed by atoms with Crippen molar-refractivity contribution in [2.24, 2.45) is 0 Å². The fraction of sp³-hybridized carbons (Fsp3) is 0.474. The van der Waals surface area contributed by atoms with E-state index >= 15 is 0 Å². The number of alkyl halides is 4. The van der Waals surface area contributed by atoms with Crippen molar-refractivity contribution >= 4 is 34.2 Å². The Morgan fingerprint density at radius 3 is 2.38 bits per heavy atom. The number of thiophene rings is 1. The predicted octanol–water partition coefficient (Wildman–Crippen LogP) is 4.68. The van der Waals surface area contributed by atoms with Crippen molar-refractivity contribution in [1.29, 1.82) is 0 Å². The Labute approximate surface area is 184 Å². The largest absolute Gasteiger partial charge is 0.465 e. The molecule has 0 aromatic carbocycles. The molecule has 1 N–H and O–H groups in total. The average Bonchev–Trinajstić information content (AvgIpc) is 3.33. The summed E-state index contributed by atoms with van der Waals surface area (Å²) in [6, 6.07) is -0.910. The van der Waals surface area contributed by atoms with E-state index in [4.69, 9.17) is 4.74 Å². The van der Waals surface area contributed by atoms with Gasteiger partial charge in [-0.15, -0.1) is 11.3 Å². The zero-order chi connectivity index (χ0) is 24.2. The first kappa shape index (κ1) is 25.3. The van der Waals surface area contributed by atoms with Crippen LogP contribution >= 0.6 is 11.3 Å². The number of carbonyl (C=O) groups is 3. The van der Waals surface area contributed by atoms with Gasteiger partial charge in [0.25, 0.3) is 12.9 Å². The molecular formula is C19H21F4N3O5S. The van der Waals surface area contributed by atoms with E-state index < -0.39 is 48.1 Å². The van der Waals surface area contributed by atoms with Gasteiger partial charge < -0.3 is 14.8 Å². The first-order valence-electron chi connectivity index (χ1n) is 9.38. The second-order valence-corrected chi connectivity index (χ2v) is 7.61. The highest BCUT2D eigenvalue weighted by atomic mass is 32.1. The molecule has 0 aliphatic rings. The van der Waals surface area contributed by atoms with Crippen LogP contribution in [0.15, 0.2) is 6.07 Å². The maximum absolute atomic E-state index is 13.3. The Balaban J connectivity index is 2.42. The van der Waals surface area contributed by atoms with Crippen LogP contribution in [0.1, 0.15) is 76.1 Å². The quantitative estimate of drug-likeness (QED) is 0.414. The molecule has 0 saturated carbocycles. The minimum atomic E-state index is -3.15. The number of carbonyl (C=O) groups excluding carboxylic acids is 3. The summed E-state index contributed by atoms with van der Waals surface area (Å²) in [4.78, 5) is 37.3.